The zero-order valence-electron chi connectivity index (χ0n) is 10.1. The molecule has 0 atom stereocenters. The molecule has 19 heavy (non-hydrogen) atoms. The number of nitrogens with zero attached hydrogens (tertiary/aromatic N) is 1. The Bertz CT molecular complexity index is 531. The number of nitrogens with one attached hydrogen (secondary N) is 2. The van der Waals surface area contributed by atoms with E-state index >= 15 is 0 Å². The molecular weight excluding hydrogens is 250 g/mol. The number of nitriles is 1. The van der Waals surface area contributed by atoms with E-state index in [4.69, 9.17) is 5.26 Å². The standard InChI is InChI=1S/C12H11N3O4/c1-19-11(17)6-10(16)14-15-12(18)9-4-2-8(7-13)3-5-9/h2-5H,6H2,1H3,(H,14,16)(H,15,18). The Morgan fingerprint density at radius 3 is 2.37 bits per heavy atom. The van der Waals surface area contributed by atoms with Crippen molar-refractivity contribution in [1.82, 2.24) is 10.9 Å². The molecule has 0 aliphatic carbocycles. The number of carbonyl (C=O) groups excluding carboxylic acids is 3. The second-order valence-electron chi connectivity index (χ2n) is 3.44. The van der Waals surface area contributed by atoms with Crippen LogP contribution in [0.3, 0.4) is 0 Å². The third kappa shape index (κ3) is 4.47. The van der Waals surface area contributed by atoms with Crippen molar-refractivity contribution >= 4 is 17.8 Å². The number of carbonyl (C=O) groups is 3. The number of methoxy groups -OCH3 is 1. The van der Waals surface area contributed by atoms with Gasteiger partial charge in [0, 0.05) is 5.56 Å². The van der Waals surface area contributed by atoms with E-state index in [-0.39, 0.29) is 5.56 Å². The summed E-state index contributed by atoms with van der Waals surface area (Å²) in [7, 11) is 1.16. The Morgan fingerprint density at radius 2 is 1.84 bits per heavy atom. The monoisotopic (exact) mass is 261 g/mol. The first-order valence-electron chi connectivity index (χ1n) is 5.23. The van der Waals surface area contributed by atoms with Gasteiger partial charge >= 0.3 is 5.97 Å². The molecule has 2 N–H and O–H groups in total. The van der Waals surface area contributed by atoms with Crippen LogP contribution in [0.1, 0.15) is 22.3 Å². The van der Waals surface area contributed by atoms with Crippen molar-refractivity contribution in [2.45, 2.75) is 6.42 Å². The van der Waals surface area contributed by atoms with E-state index in [0.29, 0.717) is 5.56 Å². The van der Waals surface area contributed by atoms with Crippen molar-refractivity contribution in [3.8, 4) is 6.07 Å². The minimum atomic E-state index is -0.704. The number of hydrazine groups is 1. The Balaban J connectivity index is 2.49. The Hall–Kier alpha value is -2.88. The van der Waals surface area contributed by atoms with Gasteiger partial charge in [-0.3, -0.25) is 25.2 Å². The number of hydrogen-bond donors (Lipinski definition) is 2. The number of benzene rings is 1. The third-order valence-corrected chi connectivity index (χ3v) is 2.12. The molecule has 0 aromatic heterocycles. The molecule has 0 saturated heterocycles. The highest BCUT2D eigenvalue weighted by molar-refractivity contribution is 5.98. The van der Waals surface area contributed by atoms with Crippen LogP contribution < -0.4 is 10.9 Å². The van der Waals surface area contributed by atoms with Crippen LogP contribution in [-0.2, 0) is 14.3 Å². The maximum atomic E-state index is 11.6. The molecule has 1 aromatic carbocycles. The van der Waals surface area contributed by atoms with Crippen LogP contribution in [0.4, 0.5) is 0 Å². The molecule has 2 amide bonds. The SMILES string of the molecule is COC(=O)CC(=O)NNC(=O)c1ccc(C#N)cc1. The maximum absolute atomic E-state index is 11.6. The summed E-state index contributed by atoms with van der Waals surface area (Å²) in [5.41, 5.74) is 4.90. The molecule has 0 spiro atoms. The predicted octanol–water partition coefficient (Wildman–Crippen LogP) is -0.118. The van der Waals surface area contributed by atoms with E-state index in [1.807, 2.05) is 6.07 Å². The van der Waals surface area contributed by atoms with E-state index in [2.05, 4.69) is 15.6 Å². The Morgan fingerprint density at radius 1 is 1.21 bits per heavy atom. The quantitative estimate of drug-likeness (QED) is 0.448. The second-order valence-corrected chi connectivity index (χ2v) is 3.44. The summed E-state index contributed by atoms with van der Waals surface area (Å²) in [6.45, 7) is 0. The van der Waals surface area contributed by atoms with Gasteiger partial charge in [0.2, 0.25) is 5.91 Å². The van der Waals surface area contributed by atoms with Crippen molar-refractivity contribution in [3.63, 3.8) is 0 Å². The highest BCUT2D eigenvalue weighted by Crippen LogP contribution is 2.02. The third-order valence-electron chi connectivity index (χ3n) is 2.12. The van der Waals surface area contributed by atoms with E-state index in [1.165, 1.54) is 24.3 Å². The van der Waals surface area contributed by atoms with E-state index < -0.39 is 24.2 Å². The average molecular weight is 261 g/mol. The molecule has 1 rings (SSSR count). The summed E-state index contributed by atoms with van der Waals surface area (Å²) in [5, 5.41) is 8.60. The summed E-state index contributed by atoms with van der Waals surface area (Å²) >= 11 is 0. The van der Waals surface area contributed by atoms with Gasteiger partial charge in [0.05, 0.1) is 18.7 Å². The molecule has 0 heterocycles. The van der Waals surface area contributed by atoms with Crippen molar-refractivity contribution in [1.29, 1.82) is 5.26 Å². The molecule has 0 aliphatic heterocycles. The van der Waals surface area contributed by atoms with Gasteiger partial charge in [-0.15, -0.1) is 0 Å². The topological polar surface area (TPSA) is 108 Å². The zero-order chi connectivity index (χ0) is 14.3. The lowest BCUT2D eigenvalue weighted by Gasteiger charge is -2.06. The fraction of sp³-hybridized carbons (Fsp3) is 0.167. The molecule has 0 fully saturated rings. The minimum Gasteiger partial charge on any atom is -0.469 e. The molecule has 0 radical (unpaired) electrons. The number of hydrogen-bond acceptors (Lipinski definition) is 5. The van der Waals surface area contributed by atoms with Crippen LogP contribution in [0.15, 0.2) is 24.3 Å². The molecule has 0 unspecified atom stereocenters. The highest BCUT2D eigenvalue weighted by atomic mass is 16.5. The van der Waals surface area contributed by atoms with Crippen molar-refractivity contribution in [2.75, 3.05) is 7.11 Å². The second kappa shape index (κ2) is 6.76. The smallest absolute Gasteiger partial charge is 0.315 e. The van der Waals surface area contributed by atoms with Crippen LogP contribution in [-0.4, -0.2) is 24.9 Å². The van der Waals surface area contributed by atoms with Gasteiger partial charge in [-0.1, -0.05) is 0 Å². The number of amides is 2. The summed E-state index contributed by atoms with van der Waals surface area (Å²) < 4.78 is 4.29. The molecule has 98 valence electrons. The van der Waals surface area contributed by atoms with Gasteiger partial charge in [0.25, 0.3) is 5.91 Å². The lowest BCUT2D eigenvalue weighted by Crippen LogP contribution is -2.42. The van der Waals surface area contributed by atoms with Gasteiger partial charge in [-0.05, 0) is 24.3 Å². The predicted molar refractivity (Wildman–Crippen MR) is 63.4 cm³/mol. The Labute approximate surface area is 109 Å². The van der Waals surface area contributed by atoms with Crippen molar-refractivity contribution in [3.05, 3.63) is 35.4 Å². The summed E-state index contributed by atoms with van der Waals surface area (Å²) in [6.07, 6.45) is -0.482. The van der Waals surface area contributed by atoms with Crippen LogP contribution in [0.5, 0.6) is 0 Å². The molecule has 0 bridgehead atoms. The number of ether oxygens (including phenoxy) is 1. The molecule has 1 aromatic rings. The number of rotatable bonds is 3. The average Bonchev–Trinajstić information content (AvgIpc) is 2.44. The first kappa shape index (κ1) is 14.2. The summed E-state index contributed by atoms with van der Waals surface area (Å²) in [4.78, 5) is 33.5. The molecule has 0 aliphatic rings. The largest absolute Gasteiger partial charge is 0.469 e. The summed E-state index contributed by atoms with van der Waals surface area (Å²) in [5.74, 6) is -1.94. The van der Waals surface area contributed by atoms with Crippen molar-refractivity contribution < 1.29 is 19.1 Å². The van der Waals surface area contributed by atoms with E-state index in [0.717, 1.165) is 7.11 Å². The van der Waals surface area contributed by atoms with Gasteiger partial charge < -0.3 is 4.74 Å². The molecular formula is C12H11N3O4. The number of esters is 1. The fourth-order valence-electron chi connectivity index (χ4n) is 1.14. The van der Waals surface area contributed by atoms with Crippen molar-refractivity contribution in [2.24, 2.45) is 0 Å². The normalized spacial score (nSPS) is 9.05. The van der Waals surface area contributed by atoms with Crippen LogP contribution in [0.2, 0.25) is 0 Å². The lowest BCUT2D eigenvalue weighted by atomic mass is 10.1. The first-order chi connectivity index (χ1) is 9.06. The van der Waals surface area contributed by atoms with E-state index in [9.17, 15) is 14.4 Å². The first-order valence-corrected chi connectivity index (χ1v) is 5.23. The highest BCUT2D eigenvalue weighted by Gasteiger charge is 2.11. The van der Waals surface area contributed by atoms with E-state index in [1.54, 1.807) is 0 Å². The van der Waals surface area contributed by atoms with Gasteiger partial charge in [-0.2, -0.15) is 5.26 Å². The fourth-order valence-corrected chi connectivity index (χ4v) is 1.14. The van der Waals surface area contributed by atoms with Crippen LogP contribution in [0.25, 0.3) is 0 Å². The van der Waals surface area contributed by atoms with Gasteiger partial charge in [0.15, 0.2) is 0 Å². The lowest BCUT2D eigenvalue weighted by molar-refractivity contribution is -0.144. The zero-order valence-corrected chi connectivity index (χ0v) is 10.1. The minimum absolute atomic E-state index is 0.275. The summed E-state index contributed by atoms with van der Waals surface area (Å²) in [6, 6.07) is 7.76. The van der Waals surface area contributed by atoms with Gasteiger partial charge in [0.1, 0.15) is 6.42 Å². The molecule has 7 nitrogen and oxygen atoms in total. The van der Waals surface area contributed by atoms with Crippen LogP contribution >= 0.6 is 0 Å². The molecule has 0 saturated carbocycles. The van der Waals surface area contributed by atoms with Crippen LogP contribution in [0, 0.1) is 11.3 Å². The maximum Gasteiger partial charge on any atom is 0.315 e. The molecule has 7 heteroatoms. The van der Waals surface area contributed by atoms with Gasteiger partial charge in [-0.25, -0.2) is 0 Å². The Kier molecular flexibility index (Phi) is 5.04.